The van der Waals surface area contributed by atoms with Gasteiger partial charge in [0.05, 0.1) is 0 Å². The van der Waals surface area contributed by atoms with Crippen molar-refractivity contribution in [3.05, 3.63) is 12.0 Å². The van der Waals surface area contributed by atoms with E-state index in [4.69, 9.17) is 0 Å². The van der Waals surface area contributed by atoms with E-state index in [0.717, 1.165) is 25.7 Å². The highest BCUT2D eigenvalue weighted by molar-refractivity contribution is 7.89. The SMILES string of the molecule is Cc1nc(S(=O)(=O)N2CCC(C(=O)NCCNC(=O)C3CCCCC3)CC2)cn1C. The van der Waals surface area contributed by atoms with Gasteiger partial charge >= 0.3 is 0 Å². The molecule has 0 radical (unpaired) electrons. The van der Waals surface area contributed by atoms with E-state index in [1.807, 2.05) is 0 Å². The van der Waals surface area contributed by atoms with Crippen LogP contribution in [0.2, 0.25) is 0 Å². The van der Waals surface area contributed by atoms with Gasteiger partial charge in [-0.2, -0.15) is 4.31 Å². The van der Waals surface area contributed by atoms with Crippen molar-refractivity contribution in [1.29, 1.82) is 0 Å². The predicted molar refractivity (Wildman–Crippen MR) is 112 cm³/mol. The molecule has 0 bridgehead atoms. The molecule has 2 fully saturated rings. The molecule has 1 saturated heterocycles. The lowest BCUT2D eigenvalue weighted by molar-refractivity contribution is -0.127. The second kappa shape index (κ2) is 9.91. The van der Waals surface area contributed by atoms with Crippen LogP contribution in [-0.2, 0) is 26.7 Å². The second-order valence-corrected chi connectivity index (χ2v) is 10.2. The monoisotopic (exact) mass is 439 g/mol. The molecule has 0 aromatic carbocycles. The molecule has 1 aliphatic heterocycles. The molecule has 2 aliphatic rings. The van der Waals surface area contributed by atoms with Gasteiger partial charge in [-0.15, -0.1) is 0 Å². The molecular weight excluding hydrogens is 406 g/mol. The van der Waals surface area contributed by atoms with Crippen molar-refractivity contribution in [2.24, 2.45) is 18.9 Å². The Kier molecular flexibility index (Phi) is 7.51. The maximum absolute atomic E-state index is 12.7. The largest absolute Gasteiger partial charge is 0.354 e. The first-order valence-electron chi connectivity index (χ1n) is 10.8. The summed E-state index contributed by atoms with van der Waals surface area (Å²) in [5.41, 5.74) is 0. The number of imidazole rings is 1. The molecule has 0 unspecified atom stereocenters. The van der Waals surface area contributed by atoms with E-state index in [9.17, 15) is 18.0 Å². The third-order valence-electron chi connectivity index (χ3n) is 6.21. The van der Waals surface area contributed by atoms with Crippen LogP contribution in [0.15, 0.2) is 11.2 Å². The summed E-state index contributed by atoms with van der Waals surface area (Å²) in [7, 11) is -1.87. The lowest BCUT2D eigenvalue weighted by atomic mass is 9.89. The Morgan fingerprint density at radius 2 is 1.53 bits per heavy atom. The first-order chi connectivity index (χ1) is 14.3. The summed E-state index contributed by atoms with van der Waals surface area (Å²) in [6, 6.07) is 0. The molecule has 1 aromatic rings. The summed E-state index contributed by atoms with van der Waals surface area (Å²) in [6.07, 6.45) is 7.82. The van der Waals surface area contributed by atoms with Crippen molar-refractivity contribution < 1.29 is 18.0 Å². The van der Waals surface area contributed by atoms with Crippen molar-refractivity contribution in [1.82, 2.24) is 24.5 Å². The van der Waals surface area contributed by atoms with Crippen LogP contribution in [0.25, 0.3) is 0 Å². The molecule has 2 amide bonds. The Morgan fingerprint density at radius 3 is 2.03 bits per heavy atom. The smallest absolute Gasteiger partial charge is 0.262 e. The molecule has 10 heteroatoms. The van der Waals surface area contributed by atoms with Gasteiger partial charge in [0.1, 0.15) is 5.82 Å². The van der Waals surface area contributed by atoms with E-state index >= 15 is 0 Å². The molecule has 1 aliphatic carbocycles. The van der Waals surface area contributed by atoms with Crippen LogP contribution in [0.1, 0.15) is 50.8 Å². The third kappa shape index (κ3) is 5.40. The Labute approximate surface area is 178 Å². The standard InChI is InChI=1S/C20H33N5O4S/c1-15-23-18(14-24(15)2)30(28,29)25-12-8-17(9-13-25)20(27)22-11-10-21-19(26)16-6-4-3-5-7-16/h14,16-17H,3-13H2,1-2H3,(H,21,26)(H,22,27). The molecule has 2 N–H and O–H groups in total. The predicted octanol–water partition coefficient (Wildman–Crippen LogP) is 0.942. The number of carbonyl (C=O) groups is 2. The minimum atomic E-state index is -3.63. The van der Waals surface area contributed by atoms with Crippen LogP contribution in [-0.4, -0.2) is 60.3 Å². The van der Waals surface area contributed by atoms with Gasteiger partial charge in [0, 0.05) is 51.3 Å². The number of piperidine rings is 1. The maximum Gasteiger partial charge on any atom is 0.262 e. The van der Waals surface area contributed by atoms with Gasteiger partial charge in [0.25, 0.3) is 10.0 Å². The topological polar surface area (TPSA) is 113 Å². The van der Waals surface area contributed by atoms with Crippen molar-refractivity contribution in [3.63, 3.8) is 0 Å². The number of aryl methyl sites for hydroxylation is 2. The van der Waals surface area contributed by atoms with Crippen molar-refractivity contribution in [2.75, 3.05) is 26.2 Å². The van der Waals surface area contributed by atoms with E-state index in [2.05, 4.69) is 15.6 Å². The van der Waals surface area contributed by atoms with Crippen LogP contribution in [0, 0.1) is 18.8 Å². The molecular formula is C20H33N5O4S. The normalized spacial score (nSPS) is 19.5. The fourth-order valence-electron chi connectivity index (χ4n) is 4.17. The van der Waals surface area contributed by atoms with Gasteiger partial charge in [-0.3, -0.25) is 9.59 Å². The summed E-state index contributed by atoms with van der Waals surface area (Å²) in [4.78, 5) is 28.7. The summed E-state index contributed by atoms with van der Waals surface area (Å²) in [6.45, 7) is 3.17. The molecule has 1 saturated carbocycles. The zero-order valence-electron chi connectivity index (χ0n) is 17.9. The first kappa shape index (κ1) is 22.7. The van der Waals surface area contributed by atoms with E-state index in [0.29, 0.717) is 44.8 Å². The number of nitrogens with zero attached hydrogens (tertiary/aromatic N) is 3. The number of aromatic nitrogens is 2. The lowest BCUT2D eigenvalue weighted by Gasteiger charge is -2.30. The highest BCUT2D eigenvalue weighted by atomic mass is 32.2. The minimum Gasteiger partial charge on any atom is -0.354 e. The van der Waals surface area contributed by atoms with E-state index in [1.165, 1.54) is 16.9 Å². The number of sulfonamides is 1. The molecule has 0 spiro atoms. The number of nitrogens with one attached hydrogen (secondary N) is 2. The average molecular weight is 440 g/mol. The zero-order valence-corrected chi connectivity index (χ0v) is 18.7. The molecule has 9 nitrogen and oxygen atoms in total. The Bertz CT molecular complexity index is 833. The van der Waals surface area contributed by atoms with Crippen molar-refractivity contribution in [3.8, 4) is 0 Å². The Morgan fingerprint density at radius 1 is 1.00 bits per heavy atom. The summed E-state index contributed by atoms with van der Waals surface area (Å²) in [5, 5.41) is 5.84. The van der Waals surface area contributed by atoms with Crippen LogP contribution in [0.5, 0.6) is 0 Å². The van der Waals surface area contributed by atoms with Gasteiger partial charge in [-0.1, -0.05) is 19.3 Å². The minimum absolute atomic E-state index is 0.0547. The quantitative estimate of drug-likeness (QED) is 0.614. The van der Waals surface area contributed by atoms with Crippen LogP contribution >= 0.6 is 0 Å². The Balaban J connectivity index is 1.39. The number of rotatable bonds is 7. The molecule has 1 aromatic heterocycles. The first-order valence-corrected chi connectivity index (χ1v) is 12.3. The molecule has 0 atom stereocenters. The zero-order chi connectivity index (χ0) is 21.7. The van der Waals surface area contributed by atoms with Crippen molar-refractivity contribution >= 4 is 21.8 Å². The van der Waals surface area contributed by atoms with Crippen LogP contribution < -0.4 is 10.6 Å². The summed E-state index contributed by atoms with van der Waals surface area (Å²) >= 11 is 0. The summed E-state index contributed by atoms with van der Waals surface area (Å²) in [5.74, 6) is 0.554. The van der Waals surface area contributed by atoms with E-state index < -0.39 is 10.0 Å². The van der Waals surface area contributed by atoms with Gasteiger partial charge in [0.2, 0.25) is 11.8 Å². The lowest BCUT2D eigenvalue weighted by Crippen LogP contribution is -2.44. The molecule has 3 rings (SSSR count). The van der Waals surface area contributed by atoms with E-state index in [1.54, 1.807) is 18.5 Å². The summed E-state index contributed by atoms with van der Waals surface area (Å²) < 4.78 is 28.6. The highest BCUT2D eigenvalue weighted by Gasteiger charge is 2.33. The van der Waals surface area contributed by atoms with E-state index in [-0.39, 0.29) is 28.7 Å². The maximum atomic E-state index is 12.7. The molecule has 168 valence electrons. The second-order valence-electron chi connectivity index (χ2n) is 8.33. The van der Waals surface area contributed by atoms with Gasteiger partial charge < -0.3 is 15.2 Å². The fraction of sp³-hybridized carbons (Fsp3) is 0.750. The Hall–Kier alpha value is -1.94. The third-order valence-corrected chi connectivity index (χ3v) is 7.99. The van der Waals surface area contributed by atoms with Gasteiger partial charge in [0.15, 0.2) is 5.03 Å². The highest BCUT2D eigenvalue weighted by Crippen LogP contribution is 2.24. The number of carbonyl (C=O) groups excluding carboxylic acids is 2. The van der Waals surface area contributed by atoms with Crippen LogP contribution in [0.4, 0.5) is 0 Å². The van der Waals surface area contributed by atoms with Crippen LogP contribution in [0.3, 0.4) is 0 Å². The number of amides is 2. The number of hydrogen-bond donors (Lipinski definition) is 2. The van der Waals surface area contributed by atoms with Gasteiger partial charge in [-0.25, -0.2) is 13.4 Å². The van der Waals surface area contributed by atoms with Gasteiger partial charge in [-0.05, 0) is 32.6 Å². The molecule has 2 heterocycles. The van der Waals surface area contributed by atoms with Crippen molar-refractivity contribution in [2.45, 2.75) is 56.9 Å². The molecule has 30 heavy (non-hydrogen) atoms. The number of hydrogen-bond acceptors (Lipinski definition) is 5. The average Bonchev–Trinajstić information content (AvgIpc) is 3.10. The fourth-order valence-corrected chi connectivity index (χ4v) is 5.66.